The average Bonchev–Trinajstić information content (AvgIpc) is 3.15. The van der Waals surface area contributed by atoms with Crippen LogP contribution in [0.3, 0.4) is 0 Å². The lowest BCUT2D eigenvalue weighted by Gasteiger charge is -2.45. The van der Waals surface area contributed by atoms with Gasteiger partial charge in [-0.3, -0.25) is 9.69 Å². The van der Waals surface area contributed by atoms with Crippen molar-refractivity contribution >= 4 is 5.91 Å². The molecular formula is C22H32N2O2. The van der Waals surface area contributed by atoms with Gasteiger partial charge in [-0.15, -0.1) is 0 Å². The molecular weight excluding hydrogens is 324 g/mol. The molecule has 2 atom stereocenters. The highest BCUT2D eigenvalue weighted by Crippen LogP contribution is 2.31. The molecule has 0 aromatic heterocycles. The van der Waals surface area contributed by atoms with Gasteiger partial charge >= 0.3 is 0 Å². The highest BCUT2D eigenvalue weighted by Gasteiger charge is 2.35. The fourth-order valence-corrected chi connectivity index (χ4v) is 4.69. The molecule has 0 bridgehead atoms. The molecule has 1 aliphatic carbocycles. The second-order valence-electron chi connectivity index (χ2n) is 8.26. The van der Waals surface area contributed by atoms with E-state index < -0.39 is 0 Å². The predicted octanol–water partition coefficient (Wildman–Crippen LogP) is 3.11. The number of ether oxygens (including phenoxy) is 1. The largest absolute Gasteiger partial charge is 0.368 e. The van der Waals surface area contributed by atoms with Gasteiger partial charge in [-0.2, -0.15) is 0 Å². The van der Waals surface area contributed by atoms with Gasteiger partial charge in [0, 0.05) is 38.1 Å². The minimum atomic E-state index is 0.183. The highest BCUT2D eigenvalue weighted by molar-refractivity contribution is 5.77. The van der Waals surface area contributed by atoms with E-state index in [4.69, 9.17) is 4.74 Å². The van der Waals surface area contributed by atoms with Crippen LogP contribution in [0.15, 0.2) is 30.3 Å². The molecule has 0 radical (unpaired) electrons. The Kier molecular flexibility index (Phi) is 5.91. The third-order valence-corrected chi connectivity index (χ3v) is 6.51. The molecule has 4 heteroatoms. The van der Waals surface area contributed by atoms with Crippen LogP contribution in [0.2, 0.25) is 0 Å². The summed E-state index contributed by atoms with van der Waals surface area (Å²) in [6.45, 7) is 4.32. The van der Waals surface area contributed by atoms with Gasteiger partial charge in [0.1, 0.15) is 6.61 Å². The minimum Gasteiger partial charge on any atom is -0.368 e. The molecule has 0 N–H and O–H groups in total. The van der Waals surface area contributed by atoms with Crippen LogP contribution in [0, 0.1) is 5.92 Å². The smallest absolute Gasteiger partial charge is 0.248 e. The summed E-state index contributed by atoms with van der Waals surface area (Å²) >= 11 is 0. The monoisotopic (exact) mass is 356 g/mol. The fraction of sp³-hybridized carbons (Fsp3) is 0.682. The topological polar surface area (TPSA) is 32.8 Å². The zero-order chi connectivity index (χ0) is 17.8. The summed E-state index contributed by atoms with van der Waals surface area (Å²) in [5.41, 5.74) is 1.38. The zero-order valence-electron chi connectivity index (χ0n) is 15.8. The van der Waals surface area contributed by atoms with Crippen LogP contribution < -0.4 is 0 Å². The van der Waals surface area contributed by atoms with Gasteiger partial charge < -0.3 is 9.64 Å². The van der Waals surface area contributed by atoms with Gasteiger partial charge in [0.2, 0.25) is 5.91 Å². The maximum atomic E-state index is 12.4. The molecule has 4 rings (SSSR count). The number of likely N-dealkylation sites (tertiary alicyclic amines) is 2. The average molecular weight is 357 g/mol. The van der Waals surface area contributed by atoms with E-state index in [9.17, 15) is 4.79 Å². The van der Waals surface area contributed by atoms with Crippen molar-refractivity contribution in [2.75, 3.05) is 32.8 Å². The first-order chi connectivity index (χ1) is 12.8. The molecule has 3 aliphatic rings. The molecule has 0 spiro atoms. The van der Waals surface area contributed by atoms with Crippen molar-refractivity contribution in [2.24, 2.45) is 5.92 Å². The van der Waals surface area contributed by atoms with Gasteiger partial charge in [-0.1, -0.05) is 36.8 Å². The lowest BCUT2D eigenvalue weighted by Crippen LogP contribution is -2.51. The van der Waals surface area contributed by atoms with E-state index in [0.29, 0.717) is 5.92 Å². The zero-order valence-corrected chi connectivity index (χ0v) is 15.8. The second-order valence-corrected chi connectivity index (χ2v) is 8.26. The van der Waals surface area contributed by atoms with E-state index in [1.54, 1.807) is 0 Å². The van der Waals surface area contributed by atoms with Crippen molar-refractivity contribution in [1.82, 2.24) is 9.80 Å². The summed E-state index contributed by atoms with van der Waals surface area (Å²) in [4.78, 5) is 17.0. The van der Waals surface area contributed by atoms with Crippen LogP contribution in [-0.2, 0) is 16.0 Å². The van der Waals surface area contributed by atoms with Crippen molar-refractivity contribution in [2.45, 2.75) is 57.1 Å². The van der Waals surface area contributed by atoms with E-state index in [1.807, 2.05) is 4.90 Å². The predicted molar refractivity (Wildman–Crippen MR) is 103 cm³/mol. The number of carbonyl (C=O) groups excluding carboxylic acids is 1. The molecule has 4 nitrogen and oxygen atoms in total. The van der Waals surface area contributed by atoms with Crippen LogP contribution >= 0.6 is 0 Å². The lowest BCUT2D eigenvalue weighted by atomic mass is 9.84. The number of hydrogen-bond acceptors (Lipinski definition) is 3. The second kappa shape index (κ2) is 8.53. The summed E-state index contributed by atoms with van der Waals surface area (Å²) in [5.74, 6) is 0.667. The number of rotatable bonds is 6. The van der Waals surface area contributed by atoms with Crippen LogP contribution in [0.25, 0.3) is 0 Å². The molecule has 142 valence electrons. The summed E-state index contributed by atoms with van der Waals surface area (Å²) in [6, 6.07) is 11.5. The molecule has 3 fully saturated rings. The van der Waals surface area contributed by atoms with Gasteiger partial charge in [0.15, 0.2) is 0 Å². The third kappa shape index (κ3) is 4.29. The molecule has 26 heavy (non-hydrogen) atoms. The molecule has 0 unspecified atom stereocenters. The molecule has 1 amide bonds. The molecule has 2 saturated heterocycles. The summed E-state index contributed by atoms with van der Waals surface area (Å²) in [7, 11) is 0. The Hall–Kier alpha value is -1.39. The van der Waals surface area contributed by atoms with Crippen LogP contribution in [0.1, 0.15) is 44.1 Å². The van der Waals surface area contributed by atoms with Crippen molar-refractivity contribution in [1.29, 1.82) is 0 Å². The van der Waals surface area contributed by atoms with Gasteiger partial charge in [0.25, 0.3) is 0 Å². The van der Waals surface area contributed by atoms with Gasteiger partial charge in [-0.25, -0.2) is 0 Å². The first-order valence-electron chi connectivity index (χ1n) is 10.5. The summed E-state index contributed by atoms with van der Waals surface area (Å²) < 4.78 is 6.20. The summed E-state index contributed by atoms with van der Waals surface area (Å²) in [5, 5.41) is 0. The maximum Gasteiger partial charge on any atom is 0.248 e. The molecule has 1 aromatic rings. The normalized spacial score (nSPS) is 27.5. The number of benzene rings is 1. The fourth-order valence-electron chi connectivity index (χ4n) is 4.69. The van der Waals surface area contributed by atoms with E-state index in [0.717, 1.165) is 57.9 Å². The Bertz CT molecular complexity index is 581. The SMILES string of the molecule is O=C(CO[C@@H]1CCN(C2CCC2)C[C@@H]1Cc1ccccc1)N1CCCC1. The Labute approximate surface area is 157 Å². The number of piperidine rings is 1. The van der Waals surface area contributed by atoms with Crippen molar-refractivity contribution in [3.8, 4) is 0 Å². The standard InChI is InChI=1S/C22H32N2O2/c25-22(23-12-4-5-13-23)17-26-21-11-14-24(20-9-6-10-20)16-19(21)15-18-7-2-1-3-8-18/h1-3,7-8,19-21H,4-6,9-17H2/t19-,21+/m0/s1. The van der Waals surface area contributed by atoms with E-state index in [-0.39, 0.29) is 18.6 Å². The molecule has 1 saturated carbocycles. The highest BCUT2D eigenvalue weighted by atomic mass is 16.5. The number of amides is 1. The Morgan fingerprint density at radius 1 is 1.00 bits per heavy atom. The number of carbonyl (C=O) groups is 1. The van der Waals surface area contributed by atoms with E-state index in [2.05, 4.69) is 35.2 Å². The first-order valence-corrected chi connectivity index (χ1v) is 10.5. The van der Waals surface area contributed by atoms with Crippen LogP contribution in [0.4, 0.5) is 0 Å². The first kappa shape index (κ1) is 18.0. The third-order valence-electron chi connectivity index (χ3n) is 6.51. The van der Waals surface area contributed by atoms with Gasteiger partial charge in [0.05, 0.1) is 6.10 Å². The minimum absolute atomic E-state index is 0.183. The molecule has 2 aliphatic heterocycles. The Morgan fingerprint density at radius 2 is 1.77 bits per heavy atom. The number of hydrogen-bond donors (Lipinski definition) is 0. The number of nitrogens with zero attached hydrogens (tertiary/aromatic N) is 2. The Balaban J connectivity index is 1.36. The summed E-state index contributed by atoms with van der Waals surface area (Å²) in [6.07, 6.45) is 8.69. The van der Waals surface area contributed by atoms with Crippen molar-refractivity contribution in [3.63, 3.8) is 0 Å². The van der Waals surface area contributed by atoms with E-state index >= 15 is 0 Å². The quantitative estimate of drug-likeness (QED) is 0.785. The lowest BCUT2D eigenvalue weighted by molar-refractivity contribution is -0.140. The molecule has 1 aromatic carbocycles. The van der Waals surface area contributed by atoms with Gasteiger partial charge in [-0.05, 0) is 44.1 Å². The van der Waals surface area contributed by atoms with Crippen molar-refractivity contribution < 1.29 is 9.53 Å². The maximum absolute atomic E-state index is 12.4. The Morgan fingerprint density at radius 3 is 2.46 bits per heavy atom. The molecule has 2 heterocycles. The van der Waals surface area contributed by atoms with E-state index in [1.165, 1.54) is 24.8 Å². The van der Waals surface area contributed by atoms with Crippen molar-refractivity contribution in [3.05, 3.63) is 35.9 Å². The van der Waals surface area contributed by atoms with Crippen LogP contribution in [-0.4, -0.2) is 60.6 Å². The van der Waals surface area contributed by atoms with Crippen LogP contribution in [0.5, 0.6) is 0 Å².